The first-order chi connectivity index (χ1) is 6.63. The molecule has 0 fully saturated rings. The molecule has 1 heterocycles. The van der Waals surface area contributed by atoms with E-state index in [0.717, 1.165) is 0 Å². The number of oxazole rings is 1. The third-order valence-electron chi connectivity index (χ3n) is 1.57. The monoisotopic (exact) mass is 200 g/mol. The highest BCUT2D eigenvalue weighted by molar-refractivity contribution is 5.67. The molecule has 0 radical (unpaired) electrons. The summed E-state index contributed by atoms with van der Waals surface area (Å²) in [6.45, 7) is 1.73. The van der Waals surface area contributed by atoms with Crippen LogP contribution in [0.4, 0.5) is 0 Å². The summed E-state index contributed by atoms with van der Waals surface area (Å²) < 4.78 is 9.99. The molecule has 0 atom stereocenters. The quantitative estimate of drug-likeness (QED) is 0.696. The zero-order chi connectivity index (χ0) is 10.6. The van der Waals surface area contributed by atoms with Gasteiger partial charge >= 0.3 is 5.97 Å². The van der Waals surface area contributed by atoms with Crippen LogP contribution >= 0.6 is 0 Å². The topological polar surface area (TPSA) is 98.6 Å². The number of ether oxygens (including phenoxy) is 1. The van der Waals surface area contributed by atoms with Crippen molar-refractivity contribution in [2.45, 2.75) is 20.1 Å². The first-order valence-electron chi connectivity index (χ1n) is 4.08. The van der Waals surface area contributed by atoms with E-state index in [1.807, 2.05) is 0 Å². The molecule has 6 heteroatoms. The fourth-order valence-corrected chi connectivity index (χ4v) is 0.965. The first-order valence-corrected chi connectivity index (χ1v) is 4.08. The highest BCUT2D eigenvalue weighted by Gasteiger charge is 2.08. The molecule has 0 unspecified atom stereocenters. The van der Waals surface area contributed by atoms with Gasteiger partial charge in [0.2, 0.25) is 5.89 Å². The number of aryl methyl sites for hydroxylation is 1. The third-order valence-corrected chi connectivity index (χ3v) is 1.57. The predicted molar refractivity (Wildman–Crippen MR) is 46.4 cm³/mol. The van der Waals surface area contributed by atoms with Gasteiger partial charge in [0.25, 0.3) is 0 Å². The van der Waals surface area contributed by atoms with Crippen LogP contribution in [0.1, 0.15) is 17.3 Å². The highest BCUT2D eigenvalue weighted by Crippen LogP contribution is 2.09. The van der Waals surface area contributed by atoms with Crippen molar-refractivity contribution in [2.75, 3.05) is 6.61 Å². The Kier molecular flexibility index (Phi) is 3.61. The fourth-order valence-electron chi connectivity index (χ4n) is 0.965. The van der Waals surface area contributed by atoms with Crippen LogP contribution in [0.3, 0.4) is 0 Å². The minimum absolute atomic E-state index is 0.0488. The molecule has 0 aliphatic heterocycles. The standard InChI is InChI=1S/C8H12N2O4/c1-5-6(2-9)14-7(10-5)3-13-4-8(11)12/h2-4,9H2,1H3,(H,11,12). The summed E-state index contributed by atoms with van der Waals surface area (Å²) in [6.07, 6.45) is 0. The SMILES string of the molecule is Cc1nc(COCC(=O)O)oc1CN. The van der Waals surface area contributed by atoms with E-state index in [9.17, 15) is 4.79 Å². The number of aromatic nitrogens is 1. The Balaban J connectivity index is 2.47. The second kappa shape index (κ2) is 4.73. The average Bonchev–Trinajstić information content (AvgIpc) is 2.45. The number of hydrogen-bond acceptors (Lipinski definition) is 5. The highest BCUT2D eigenvalue weighted by atomic mass is 16.5. The van der Waals surface area contributed by atoms with Gasteiger partial charge in [-0.2, -0.15) is 0 Å². The van der Waals surface area contributed by atoms with Crippen molar-refractivity contribution in [1.29, 1.82) is 0 Å². The summed E-state index contributed by atoms with van der Waals surface area (Å²) in [7, 11) is 0. The largest absolute Gasteiger partial charge is 0.480 e. The summed E-state index contributed by atoms with van der Waals surface area (Å²) in [5.74, 6) is -0.0737. The Labute approximate surface area is 80.7 Å². The van der Waals surface area contributed by atoms with Crippen molar-refractivity contribution < 1.29 is 19.1 Å². The van der Waals surface area contributed by atoms with E-state index in [4.69, 9.17) is 20.0 Å². The summed E-state index contributed by atoms with van der Waals surface area (Å²) in [4.78, 5) is 14.1. The number of nitrogens with two attached hydrogens (primary N) is 1. The maximum atomic E-state index is 10.1. The lowest BCUT2D eigenvalue weighted by Gasteiger charge is -1.95. The number of carboxylic acids is 1. The van der Waals surface area contributed by atoms with Gasteiger partial charge in [0, 0.05) is 0 Å². The second-order valence-corrected chi connectivity index (χ2v) is 2.71. The number of hydrogen-bond donors (Lipinski definition) is 2. The molecule has 3 N–H and O–H groups in total. The van der Waals surface area contributed by atoms with Crippen LogP contribution in [0.2, 0.25) is 0 Å². The van der Waals surface area contributed by atoms with Crippen molar-refractivity contribution >= 4 is 5.97 Å². The number of rotatable bonds is 5. The zero-order valence-corrected chi connectivity index (χ0v) is 7.82. The van der Waals surface area contributed by atoms with Crippen molar-refractivity contribution in [3.05, 3.63) is 17.3 Å². The molecule has 1 aromatic rings. The molecule has 78 valence electrons. The molecule has 1 rings (SSSR count). The van der Waals surface area contributed by atoms with Crippen molar-refractivity contribution in [2.24, 2.45) is 5.73 Å². The van der Waals surface area contributed by atoms with E-state index in [1.165, 1.54) is 0 Å². The summed E-state index contributed by atoms with van der Waals surface area (Å²) in [6, 6.07) is 0. The normalized spacial score (nSPS) is 10.4. The van der Waals surface area contributed by atoms with Crippen LogP contribution < -0.4 is 5.73 Å². The van der Waals surface area contributed by atoms with Gasteiger partial charge in [-0.25, -0.2) is 9.78 Å². The summed E-state index contributed by atoms with van der Waals surface area (Å²) >= 11 is 0. The lowest BCUT2D eigenvalue weighted by atomic mass is 10.4. The van der Waals surface area contributed by atoms with Crippen molar-refractivity contribution in [3.63, 3.8) is 0 Å². The molecule has 0 amide bonds. The molecule has 0 spiro atoms. The molecule has 0 saturated heterocycles. The van der Waals surface area contributed by atoms with Gasteiger partial charge in [-0.15, -0.1) is 0 Å². The minimum Gasteiger partial charge on any atom is -0.480 e. The van der Waals surface area contributed by atoms with E-state index < -0.39 is 5.97 Å². The summed E-state index contributed by atoms with van der Waals surface area (Å²) in [5, 5.41) is 8.30. The van der Waals surface area contributed by atoms with Crippen LogP contribution in [-0.4, -0.2) is 22.7 Å². The number of nitrogens with zero attached hydrogens (tertiary/aromatic N) is 1. The molecule has 0 saturated carbocycles. The van der Waals surface area contributed by atoms with Crippen molar-refractivity contribution in [3.8, 4) is 0 Å². The Hall–Kier alpha value is -1.40. The van der Waals surface area contributed by atoms with Gasteiger partial charge in [-0.3, -0.25) is 0 Å². The molecule has 1 aromatic heterocycles. The average molecular weight is 200 g/mol. The van der Waals surface area contributed by atoms with E-state index in [2.05, 4.69) is 4.98 Å². The second-order valence-electron chi connectivity index (χ2n) is 2.71. The maximum Gasteiger partial charge on any atom is 0.329 e. The Morgan fingerprint density at radius 2 is 2.43 bits per heavy atom. The number of aliphatic carboxylic acids is 1. The van der Waals surface area contributed by atoms with E-state index >= 15 is 0 Å². The van der Waals surface area contributed by atoms with E-state index in [-0.39, 0.29) is 19.8 Å². The van der Waals surface area contributed by atoms with Gasteiger partial charge < -0.3 is 20.0 Å². The lowest BCUT2D eigenvalue weighted by molar-refractivity contribution is -0.142. The molecular formula is C8H12N2O4. The first kappa shape index (κ1) is 10.7. The van der Waals surface area contributed by atoms with E-state index in [0.29, 0.717) is 17.3 Å². The van der Waals surface area contributed by atoms with Crippen LogP contribution in [0.5, 0.6) is 0 Å². The smallest absolute Gasteiger partial charge is 0.329 e. The predicted octanol–water partition coefficient (Wildman–Crippen LogP) is 0.0429. The molecular weight excluding hydrogens is 188 g/mol. The van der Waals surface area contributed by atoms with Gasteiger partial charge in [0.15, 0.2) is 0 Å². The lowest BCUT2D eigenvalue weighted by Crippen LogP contribution is -2.06. The van der Waals surface area contributed by atoms with Crippen LogP contribution in [0.15, 0.2) is 4.42 Å². The van der Waals surface area contributed by atoms with E-state index in [1.54, 1.807) is 6.92 Å². The third kappa shape index (κ3) is 2.82. The van der Waals surface area contributed by atoms with Gasteiger partial charge in [-0.1, -0.05) is 0 Å². The Morgan fingerprint density at radius 3 is 2.93 bits per heavy atom. The van der Waals surface area contributed by atoms with Gasteiger partial charge in [0.05, 0.1) is 12.2 Å². The van der Waals surface area contributed by atoms with Crippen LogP contribution in [0.25, 0.3) is 0 Å². The van der Waals surface area contributed by atoms with Gasteiger partial charge in [-0.05, 0) is 6.92 Å². The van der Waals surface area contributed by atoms with Crippen LogP contribution in [-0.2, 0) is 22.7 Å². The van der Waals surface area contributed by atoms with Crippen LogP contribution in [0, 0.1) is 6.92 Å². The molecule has 0 bridgehead atoms. The Morgan fingerprint density at radius 1 is 1.71 bits per heavy atom. The van der Waals surface area contributed by atoms with Crippen molar-refractivity contribution in [1.82, 2.24) is 4.98 Å². The molecule has 0 aliphatic rings. The Bertz CT molecular complexity index is 321. The molecule has 14 heavy (non-hydrogen) atoms. The summed E-state index contributed by atoms with van der Waals surface area (Å²) in [5.41, 5.74) is 6.08. The minimum atomic E-state index is -1.02. The maximum absolute atomic E-state index is 10.1. The fraction of sp³-hybridized carbons (Fsp3) is 0.500. The zero-order valence-electron chi connectivity index (χ0n) is 7.82. The van der Waals surface area contributed by atoms with Gasteiger partial charge in [0.1, 0.15) is 19.0 Å². The molecule has 0 aromatic carbocycles. The number of carbonyl (C=O) groups is 1. The molecule has 0 aliphatic carbocycles. The number of carboxylic acid groups (broad SMARTS) is 1. The molecule has 6 nitrogen and oxygen atoms in total.